The number of benzene rings is 1. The molecule has 0 N–H and O–H groups in total. The minimum absolute atomic E-state index is 0.282. The van der Waals surface area contributed by atoms with Gasteiger partial charge in [0.1, 0.15) is 17.0 Å². The number of aryl methyl sites for hydroxylation is 1. The van der Waals surface area contributed by atoms with Crippen LogP contribution in [0.2, 0.25) is 0 Å². The van der Waals surface area contributed by atoms with Crippen molar-refractivity contribution in [2.75, 3.05) is 31.1 Å². The van der Waals surface area contributed by atoms with E-state index in [0.29, 0.717) is 25.2 Å². The van der Waals surface area contributed by atoms with Crippen LogP contribution in [-0.2, 0) is 9.47 Å². The summed E-state index contributed by atoms with van der Waals surface area (Å²) >= 11 is 0. The van der Waals surface area contributed by atoms with Crippen LogP contribution in [0.25, 0.3) is 27.8 Å². The van der Waals surface area contributed by atoms with Crippen molar-refractivity contribution in [1.29, 1.82) is 0 Å². The number of amides is 1. The molecule has 1 aliphatic rings. The quantitative estimate of drug-likeness (QED) is 0.333. The Morgan fingerprint density at radius 2 is 1.57 bits per heavy atom. The Morgan fingerprint density at radius 1 is 0.850 bits per heavy atom. The summed E-state index contributed by atoms with van der Waals surface area (Å²) in [7, 11) is 0. The zero-order valence-electron chi connectivity index (χ0n) is 24.3. The van der Waals surface area contributed by atoms with Crippen molar-refractivity contribution in [3.8, 4) is 11.3 Å². The number of anilines is 1. The molecular weight excluding hydrogens is 510 g/mol. The fourth-order valence-electron chi connectivity index (χ4n) is 4.76. The highest BCUT2D eigenvalue weighted by Crippen LogP contribution is 2.28. The smallest absolute Gasteiger partial charge is 0.435 e. The van der Waals surface area contributed by atoms with Crippen molar-refractivity contribution in [3.05, 3.63) is 42.2 Å². The maximum absolute atomic E-state index is 12.7. The SMILES string of the molecule is Cc1nn(C(=O)OC(C)(C)C)c2ccc(-c3cnc4ccc(N5CCCN(C(=O)OC(C)(C)C)CC5)nn34)cc12. The van der Waals surface area contributed by atoms with Gasteiger partial charge in [0.05, 0.1) is 23.1 Å². The summed E-state index contributed by atoms with van der Waals surface area (Å²) in [4.78, 5) is 33.8. The van der Waals surface area contributed by atoms with E-state index in [9.17, 15) is 9.59 Å². The fourth-order valence-corrected chi connectivity index (χ4v) is 4.76. The van der Waals surface area contributed by atoms with Crippen LogP contribution in [0.3, 0.4) is 0 Å². The topological polar surface area (TPSA) is 107 Å². The fraction of sp³-hybridized carbons (Fsp3) is 0.483. The molecule has 1 aliphatic heterocycles. The summed E-state index contributed by atoms with van der Waals surface area (Å²) in [6.07, 6.45) is 1.82. The maximum Gasteiger partial charge on any atom is 0.435 e. The van der Waals surface area contributed by atoms with Gasteiger partial charge in [-0.3, -0.25) is 0 Å². The molecule has 11 heteroatoms. The van der Waals surface area contributed by atoms with Crippen LogP contribution in [0.1, 0.15) is 53.7 Å². The van der Waals surface area contributed by atoms with Crippen LogP contribution in [0.15, 0.2) is 36.5 Å². The van der Waals surface area contributed by atoms with Crippen LogP contribution in [-0.4, -0.2) is 78.8 Å². The second kappa shape index (κ2) is 10.1. The Hall–Kier alpha value is -4.15. The van der Waals surface area contributed by atoms with Gasteiger partial charge in [0, 0.05) is 37.1 Å². The van der Waals surface area contributed by atoms with Crippen molar-refractivity contribution in [2.45, 2.75) is 66.1 Å². The van der Waals surface area contributed by atoms with Crippen molar-refractivity contribution < 1.29 is 19.1 Å². The minimum Gasteiger partial charge on any atom is -0.444 e. The normalized spacial score (nSPS) is 15.0. The second-order valence-corrected chi connectivity index (χ2v) is 12.1. The summed E-state index contributed by atoms with van der Waals surface area (Å²) in [5.41, 5.74) is 2.72. The van der Waals surface area contributed by atoms with Crippen molar-refractivity contribution in [1.82, 2.24) is 29.3 Å². The number of hydrogen-bond acceptors (Lipinski definition) is 8. The second-order valence-electron chi connectivity index (χ2n) is 12.1. The molecule has 5 rings (SSSR count). The van der Waals surface area contributed by atoms with Crippen molar-refractivity contribution in [2.24, 2.45) is 0 Å². The average Bonchev–Trinajstić information content (AvgIpc) is 3.32. The van der Waals surface area contributed by atoms with Gasteiger partial charge >= 0.3 is 12.2 Å². The van der Waals surface area contributed by atoms with Gasteiger partial charge in [-0.05, 0) is 79.2 Å². The third kappa shape index (κ3) is 5.73. The Labute approximate surface area is 233 Å². The van der Waals surface area contributed by atoms with Crippen LogP contribution < -0.4 is 4.90 Å². The Kier molecular flexibility index (Phi) is 6.93. The first-order valence-electron chi connectivity index (χ1n) is 13.6. The summed E-state index contributed by atoms with van der Waals surface area (Å²) < 4.78 is 14.2. The third-order valence-corrected chi connectivity index (χ3v) is 6.55. The van der Waals surface area contributed by atoms with Crippen molar-refractivity contribution in [3.63, 3.8) is 0 Å². The largest absolute Gasteiger partial charge is 0.444 e. The molecule has 0 spiro atoms. The Morgan fingerprint density at radius 3 is 2.30 bits per heavy atom. The average molecular weight is 548 g/mol. The van der Waals surface area contributed by atoms with Crippen LogP contribution in [0, 0.1) is 6.92 Å². The molecular formula is C29H37N7O4. The van der Waals surface area contributed by atoms with E-state index in [4.69, 9.17) is 14.6 Å². The number of hydrogen-bond donors (Lipinski definition) is 0. The molecule has 1 aromatic carbocycles. The van der Waals surface area contributed by atoms with Gasteiger partial charge in [-0.25, -0.2) is 19.1 Å². The molecule has 4 aromatic rings. The van der Waals surface area contributed by atoms with Crippen molar-refractivity contribution >= 4 is 34.6 Å². The highest BCUT2D eigenvalue weighted by molar-refractivity contribution is 5.92. The lowest BCUT2D eigenvalue weighted by Crippen LogP contribution is -2.39. The first-order chi connectivity index (χ1) is 18.8. The molecule has 1 amide bonds. The predicted octanol–water partition coefficient (Wildman–Crippen LogP) is 5.28. The van der Waals surface area contributed by atoms with Crippen LogP contribution in [0.5, 0.6) is 0 Å². The van der Waals surface area contributed by atoms with E-state index in [1.165, 1.54) is 4.68 Å². The number of fused-ring (bicyclic) bond motifs is 2. The minimum atomic E-state index is -0.621. The molecule has 3 aromatic heterocycles. The van der Waals surface area contributed by atoms with Gasteiger partial charge in [-0.2, -0.15) is 9.78 Å². The van der Waals surface area contributed by atoms with Gasteiger partial charge in [-0.1, -0.05) is 6.07 Å². The number of aromatic nitrogens is 5. The lowest BCUT2D eigenvalue weighted by atomic mass is 10.1. The molecule has 11 nitrogen and oxygen atoms in total. The molecule has 40 heavy (non-hydrogen) atoms. The molecule has 0 saturated carbocycles. The first kappa shape index (κ1) is 27.4. The van der Waals surface area contributed by atoms with E-state index >= 15 is 0 Å². The maximum atomic E-state index is 12.7. The molecule has 4 heterocycles. The van der Waals surface area contributed by atoms with Gasteiger partial charge in [0.2, 0.25) is 0 Å². The number of rotatable bonds is 2. The summed E-state index contributed by atoms with van der Waals surface area (Å²) in [5, 5.41) is 10.2. The van der Waals surface area contributed by atoms with E-state index in [1.54, 1.807) is 11.1 Å². The van der Waals surface area contributed by atoms with E-state index in [1.807, 2.05) is 83.3 Å². The van der Waals surface area contributed by atoms with E-state index in [0.717, 1.165) is 46.8 Å². The van der Waals surface area contributed by atoms with Crippen LogP contribution >= 0.6 is 0 Å². The standard InChI is InChI=1S/C29H37N7O4/c1-19-21-17-20(9-10-22(21)36(31-19)27(38)40-29(5,6)7)23-18-30-24-11-12-25(32-35(23)24)33-13-8-14-34(16-15-33)26(37)39-28(2,3)4/h9-12,17-18H,8,13-16H2,1-7H3. The Balaban J connectivity index is 1.41. The molecule has 1 fully saturated rings. The first-order valence-corrected chi connectivity index (χ1v) is 13.6. The zero-order chi connectivity index (χ0) is 28.8. The molecule has 0 bridgehead atoms. The molecule has 212 valence electrons. The number of ether oxygens (including phenoxy) is 2. The van der Waals surface area contributed by atoms with E-state index < -0.39 is 17.3 Å². The third-order valence-electron chi connectivity index (χ3n) is 6.55. The Bertz CT molecular complexity index is 1580. The number of carbonyl (C=O) groups is 2. The van der Waals surface area contributed by atoms with Gasteiger partial charge in [0.15, 0.2) is 5.65 Å². The molecule has 0 unspecified atom stereocenters. The number of nitrogens with zero attached hydrogens (tertiary/aromatic N) is 7. The molecule has 0 atom stereocenters. The lowest BCUT2D eigenvalue weighted by Gasteiger charge is -2.26. The highest BCUT2D eigenvalue weighted by Gasteiger charge is 2.26. The van der Waals surface area contributed by atoms with Crippen LogP contribution in [0.4, 0.5) is 15.4 Å². The number of imidazole rings is 1. The predicted molar refractivity (Wildman–Crippen MR) is 153 cm³/mol. The van der Waals surface area contributed by atoms with Gasteiger partial charge < -0.3 is 19.3 Å². The molecule has 1 saturated heterocycles. The zero-order valence-corrected chi connectivity index (χ0v) is 24.3. The summed E-state index contributed by atoms with van der Waals surface area (Å²) in [5.74, 6) is 0.813. The van der Waals surface area contributed by atoms with Gasteiger partial charge in [0.25, 0.3) is 0 Å². The highest BCUT2D eigenvalue weighted by atomic mass is 16.6. The summed E-state index contributed by atoms with van der Waals surface area (Å²) in [6, 6.07) is 9.73. The lowest BCUT2D eigenvalue weighted by molar-refractivity contribution is 0.0263. The molecule has 0 radical (unpaired) electrons. The van der Waals surface area contributed by atoms with E-state index in [-0.39, 0.29) is 6.09 Å². The summed E-state index contributed by atoms with van der Waals surface area (Å²) in [6.45, 7) is 15.6. The monoisotopic (exact) mass is 547 g/mol. The van der Waals surface area contributed by atoms with E-state index in [2.05, 4.69) is 15.0 Å². The molecule has 0 aliphatic carbocycles. The number of carbonyl (C=O) groups excluding carboxylic acids is 2. The van der Waals surface area contributed by atoms with Gasteiger partial charge in [-0.15, -0.1) is 5.10 Å².